The van der Waals surface area contributed by atoms with E-state index in [2.05, 4.69) is 5.10 Å². The van der Waals surface area contributed by atoms with E-state index in [1.165, 1.54) is 12.8 Å². The molecule has 1 aromatic heterocycles. The quantitative estimate of drug-likeness (QED) is 0.698. The van der Waals surface area contributed by atoms with Crippen LogP contribution < -0.4 is 0 Å². The lowest BCUT2D eigenvalue weighted by Crippen LogP contribution is -2.45. The van der Waals surface area contributed by atoms with Crippen LogP contribution in [0.2, 0.25) is 0 Å². The molecule has 3 fully saturated rings. The van der Waals surface area contributed by atoms with Crippen molar-refractivity contribution in [3.05, 3.63) is 53.9 Å². The van der Waals surface area contributed by atoms with E-state index in [-0.39, 0.29) is 23.3 Å². The van der Waals surface area contributed by atoms with Gasteiger partial charge >= 0.3 is 0 Å². The molecular formula is C25H32N4O3. The van der Waals surface area contributed by atoms with Crippen LogP contribution in [0.5, 0.6) is 0 Å². The minimum atomic E-state index is 0.0411. The van der Waals surface area contributed by atoms with Gasteiger partial charge in [-0.05, 0) is 61.6 Å². The molecule has 7 nitrogen and oxygen atoms in total. The highest BCUT2D eigenvalue weighted by molar-refractivity contribution is 5.94. The largest absolute Gasteiger partial charge is 0.379 e. The summed E-state index contributed by atoms with van der Waals surface area (Å²) in [5.41, 5.74) is 1.42. The Bertz CT molecular complexity index is 961. The predicted molar refractivity (Wildman–Crippen MR) is 120 cm³/mol. The highest BCUT2D eigenvalue weighted by Gasteiger charge is 2.48. The molecular weight excluding hydrogens is 404 g/mol. The van der Waals surface area contributed by atoms with Gasteiger partial charge in [-0.2, -0.15) is 5.10 Å². The SMILES string of the molecule is Cn1nccc1C(=O)N1CCC2(CC1)C[C@@H](COCC1CC1)N(C(=O)c1ccccc1)C2. The van der Waals surface area contributed by atoms with Crippen molar-refractivity contribution < 1.29 is 14.3 Å². The molecule has 5 rings (SSSR count). The van der Waals surface area contributed by atoms with Crippen LogP contribution in [0, 0.1) is 11.3 Å². The Morgan fingerprint density at radius 3 is 2.47 bits per heavy atom. The van der Waals surface area contributed by atoms with Gasteiger partial charge in [0.25, 0.3) is 11.8 Å². The van der Waals surface area contributed by atoms with Crippen LogP contribution in [-0.2, 0) is 11.8 Å². The maximum Gasteiger partial charge on any atom is 0.272 e. The number of hydrogen-bond donors (Lipinski definition) is 0. The van der Waals surface area contributed by atoms with E-state index in [1.54, 1.807) is 24.0 Å². The lowest BCUT2D eigenvalue weighted by atomic mass is 9.76. The third kappa shape index (κ3) is 4.31. The fraction of sp³-hybridized carbons (Fsp3) is 0.560. The topological polar surface area (TPSA) is 67.7 Å². The summed E-state index contributed by atoms with van der Waals surface area (Å²) < 4.78 is 7.68. The summed E-state index contributed by atoms with van der Waals surface area (Å²) in [7, 11) is 1.80. The number of piperidine rings is 1. The summed E-state index contributed by atoms with van der Waals surface area (Å²) in [4.78, 5) is 30.2. The zero-order valence-electron chi connectivity index (χ0n) is 18.8. The van der Waals surface area contributed by atoms with E-state index in [1.807, 2.05) is 40.1 Å². The molecule has 0 radical (unpaired) electrons. The fourth-order valence-corrected chi connectivity index (χ4v) is 5.25. The Morgan fingerprint density at radius 1 is 1.06 bits per heavy atom. The number of aryl methyl sites for hydroxylation is 1. The molecule has 2 amide bonds. The molecule has 3 aliphatic rings. The van der Waals surface area contributed by atoms with E-state index < -0.39 is 0 Å². The van der Waals surface area contributed by atoms with Gasteiger partial charge in [-0.3, -0.25) is 14.3 Å². The number of benzene rings is 1. The second-order valence-electron chi connectivity index (χ2n) is 9.77. The number of ether oxygens (including phenoxy) is 1. The summed E-state index contributed by atoms with van der Waals surface area (Å²) in [6.07, 6.45) is 6.96. The maximum absolute atomic E-state index is 13.4. The van der Waals surface area contributed by atoms with Crippen molar-refractivity contribution in [2.75, 3.05) is 32.8 Å². The van der Waals surface area contributed by atoms with Crippen molar-refractivity contribution in [2.45, 2.75) is 38.1 Å². The number of aromatic nitrogens is 2. The highest BCUT2D eigenvalue weighted by Crippen LogP contribution is 2.44. The smallest absolute Gasteiger partial charge is 0.272 e. The van der Waals surface area contributed by atoms with Crippen LogP contribution in [0.4, 0.5) is 0 Å². The third-order valence-corrected chi connectivity index (χ3v) is 7.41. The summed E-state index contributed by atoms with van der Waals surface area (Å²) >= 11 is 0. The van der Waals surface area contributed by atoms with E-state index in [9.17, 15) is 9.59 Å². The molecule has 0 bridgehead atoms. The van der Waals surface area contributed by atoms with Gasteiger partial charge in [-0.15, -0.1) is 0 Å². The van der Waals surface area contributed by atoms with E-state index in [0.717, 1.165) is 38.0 Å². The summed E-state index contributed by atoms with van der Waals surface area (Å²) in [6, 6.07) is 11.4. The fourth-order valence-electron chi connectivity index (χ4n) is 5.25. The first-order chi connectivity index (χ1) is 15.5. The molecule has 2 aliphatic heterocycles. The van der Waals surface area contributed by atoms with Crippen LogP contribution in [0.15, 0.2) is 42.6 Å². The van der Waals surface area contributed by atoms with Crippen molar-refractivity contribution in [3.63, 3.8) is 0 Å². The van der Waals surface area contributed by atoms with Gasteiger partial charge in [0, 0.05) is 45.0 Å². The van der Waals surface area contributed by atoms with Crippen LogP contribution in [0.25, 0.3) is 0 Å². The van der Waals surface area contributed by atoms with Crippen molar-refractivity contribution in [1.29, 1.82) is 0 Å². The average Bonchev–Trinajstić information content (AvgIpc) is 3.44. The Kier molecular flexibility index (Phi) is 5.76. The zero-order valence-corrected chi connectivity index (χ0v) is 18.8. The molecule has 2 aromatic rings. The number of carbonyl (C=O) groups excluding carboxylic acids is 2. The average molecular weight is 437 g/mol. The Hall–Kier alpha value is -2.67. The summed E-state index contributed by atoms with van der Waals surface area (Å²) in [5.74, 6) is 0.847. The number of amides is 2. The number of carbonyl (C=O) groups is 2. The van der Waals surface area contributed by atoms with Gasteiger partial charge < -0.3 is 14.5 Å². The van der Waals surface area contributed by atoms with E-state index in [0.29, 0.717) is 31.3 Å². The Labute approximate surface area is 189 Å². The zero-order chi connectivity index (χ0) is 22.1. The first kappa shape index (κ1) is 21.2. The first-order valence-corrected chi connectivity index (χ1v) is 11.8. The predicted octanol–water partition coefficient (Wildman–Crippen LogP) is 2.98. The van der Waals surface area contributed by atoms with E-state index in [4.69, 9.17) is 4.74 Å². The first-order valence-electron chi connectivity index (χ1n) is 11.8. The van der Waals surface area contributed by atoms with Gasteiger partial charge in [0.2, 0.25) is 0 Å². The van der Waals surface area contributed by atoms with Gasteiger partial charge in [-0.25, -0.2) is 0 Å². The minimum absolute atomic E-state index is 0.0411. The monoisotopic (exact) mass is 436 g/mol. The molecule has 0 unspecified atom stereocenters. The van der Waals surface area contributed by atoms with Gasteiger partial charge in [0.05, 0.1) is 12.6 Å². The van der Waals surface area contributed by atoms with Crippen molar-refractivity contribution in [3.8, 4) is 0 Å². The second-order valence-corrected chi connectivity index (χ2v) is 9.77. The lowest BCUT2D eigenvalue weighted by Gasteiger charge is -2.39. The van der Waals surface area contributed by atoms with Crippen LogP contribution in [-0.4, -0.2) is 70.3 Å². The molecule has 1 atom stereocenters. The van der Waals surface area contributed by atoms with Crippen LogP contribution in [0.3, 0.4) is 0 Å². The number of nitrogens with zero attached hydrogens (tertiary/aromatic N) is 4. The number of likely N-dealkylation sites (tertiary alicyclic amines) is 2. The minimum Gasteiger partial charge on any atom is -0.379 e. The lowest BCUT2D eigenvalue weighted by molar-refractivity contribution is 0.0505. The van der Waals surface area contributed by atoms with Crippen molar-refractivity contribution in [2.24, 2.45) is 18.4 Å². The highest BCUT2D eigenvalue weighted by atomic mass is 16.5. The van der Waals surface area contributed by atoms with Gasteiger partial charge in [-0.1, -0.05) is 18.2 Å². The number of rotatable bonds is 6. The molecule has 3 heterocycles. The summed E-state index contributed by atoms with van der Waals surface area (Å²) in [6.45, 7) is 3.59. The normalized spacial score (nSPS) is 22.5. The standard InChI is InChI=1S/C25H32N4O3/c1-27-22(9-12-26-27)24(31)28-13-10-25(11-14-28)15-21(17-32-16-19-7-8-19)29(18-25)23(30)20-5-3-2-4-6-20/h2-6,9,12,19,21H,7-8,10-11,13-18H2,1H3/t21-/m0/s1. The number of hydrogen-bond acceptors (Lipinski definition) is 4. The Balaban J connectivity index is 1.27. The van der Waals surface area contributed by atoms with Crippen LogP contribution in [0.1, 0.15) is 53.0 Å². The molecule has 1 saturated carbocycles. The molecule has 7 heteroatoms. The molecule has 1 aromatic carbocycles. The second kappa shape index (κ2) is 8.70. The molecule has 2 saturated heterocycles. The molecule has 1 spiro atoms. The summed E-state index contributed by atoms with van der Waals surface area (Å²) in [5, 5.41) is 4.13. The molecule has 1 aliphatic carbocycles. The van der Waals surface area contributed by atoms with Gasteiger partial charge in [0.1, 0.15) is 5.69 Å². The molecule has 0 N–H and O–H groups in total. The van der Waals surface area contributed by atoms with E-state index >= 15 is 0 Å². The van der Waals surface area contributed by atoms with Crippen molar-refractivity contribution >= 4 is 11.8 Å². The van der Waals surface area contributed by atoms with Gasteiger partial charge in [0.15, 0.2) is 0 Å². The third-order valence-electron chi connectivity index (χ3n) is 7.41. The maximum atomic E-state index is 13.4. The molecule has 32 heavy (non-hydrogen) atoms. The Morgan fingerprint density at radius 2 is 1.81 bits per heavy atom. The molecule has 170 valence electrons. The van der Waals surface area contributed by atoms with Crippen molar-refractivity contribution in [1.82, 2.24) is 19.6 Å². The van der Waals surface area contributed by atoms with Crippen LogP contribution >= 0.6 is 0 Å².